The number of benzene rings is 2. The number of pyridine rings is 2. The molecule has 0 aliphatic heterocycles. The molecule has 0 bridgehead atoms. The molecule has 5 aromatic rings. The van der Waals surface area contributed by atoms with Crippen molar-refractivity contribution in [3.05, 3.63) is 83.7 Å². The van der Waals surface area contributed by atoms with Crippen molar-refractivity contribution < 1.29 is 8.22 Å². The first-order chi connectivity index (χ1) is 16.0. The lowest BCUT2D eigenvalue weighted by Gasteiger charge is -2.10. The molecular weight excluding hydrogens is 360 g/mol. The van der Waals surface area contributed by atoms with Gasteiger partial charge in [-0.1, -0.05) is 30.3 Å². The van der Waals surface area contributed by atoms with E-state index >= 15 is 0 Å². The van der Waals surface area contributed by atoms with Crippen molar-refractivity contribution >= 4 is 31.6 Å². The molecule has 2 aromatic carbocycles. The van der Waals surface area contributed by atoms with Gasteiger partial charge in [0.25, 0.3) is 0 Å². The van der Waals surface area contributed by atoms with Crippen LogP contribution in [0.1, 0.15) is 25.0 Å². The van der Waals surface area contributed by atoms with Gasteiger partial charge in [0.05, 0.1) is 5.69 Å². The summed E-state index contributed by atoms with van der Waals surface area (Å²) in [6.45, 7) is -2.56. The Balaban J connectivity index is 1.66. The minimum atomic E-state index is -2.29. The monoisotopic (exact) mass is 386 g/mol. The summed E-state index contributed by atoms with van der Waals surface area (Å²) in [7, 11) is 0. The second-order valence-corrected chi connectivity index (χ2v) is 7.84. The highest BCUT2D eigenvalue weighted by atomic mass is 32.1. The van der Waals surface area contributed by atoms with E-state index in [1.165, 1.54) is 12.3 Å². The predicted molar refractivity (Wildman–Crippen MR) is 120 cm³/mol. The van der Waals surface area contributed by atoms with Gasteiger partial charge in [0.15, 0.2) is 0 Å². The van der Waals surface area contributed by atoms with Gasteiger partial charge >= 0.3 is 0 Å². The van der Waals surface area contributed by atoms with Crippen LogP contribution in [0.25, 0.3) is 42.7 Å². The van der Waals surface area contributed by atoms with E-state index in [2.05, 4.69) is 16.0 Å². The Hall–Kier alpha value is -3.04. The van der Waals surface area contributed by atoms with E-state index in [9.17, 15) is 0 Å². The minimum Gasteiger partial charge on any atom is -0.256 e. The summed E-state index contributed by atoms with van der Waals surface area (Å²) in [4.78, 5) is 9.91. The van der Waals surface area contributed by atoms with Crippen molar-refractivity contribution in [3.63, 3.8) is 0 Å². The molecule has 0 unspecified atom stereocenters. The molecule has 0 N–H and O–H groups in total. The van der Waals surface area contributed by atoms with E-state index in [0.29, 0.717) is 16.8 Å². The van der Waals surface area contributed by atoms with Crippen molar-refractivity contribution in [2.45, 2.75) is 20.6 Å². The summed E-state index contributed by atoms with van der Waals surface area (Å²) >= 11 is 1.59. The quantitative estimate of drug-likeness (QED) is 0.323. The number of thiophene rings is 1. The maximum atomic E-state index is 8.06. The molecule has 3 heterocycles. The van der Waals surface area contributed by atoms with Crippen molar-refractivity contribution in [1.29, 1.82) is 0 Å². The largest absolute Gasteiger partial charge is 0.256 e. The molecule has 0 amide bonds. The number of aromatic nitrogens is 2. The molecule has 0 radical (unpaired) electrons. The zero-order valence-electron chi connectivity index (χ0n) is 21.2. The number of fused-ring (bicyclic) bond motifs is 3. The zero-order chi connectivity index (χ0) is 24.3. The molecule has 0 atom stereocenters. The Kier molecular flexibility index (Phi) is 2.74. The number of hydrogen-bond acceptors (Lipinski definition) is 3. The van der Waals surface area contributed by atoms with Crippen molar-refractivity contribution in [2.75, 3.05) is 0 Å². The fraction of sp³-hybridized carbons (Fsp3) is 0.120. The van der Waals surface area contributed by atoms with E-state index in [1.54, 1.807) is 29.5 Å². The normalized spacial score (nSPS) is 15.5. The standard InChI is InChI=1S/C25H20N2S/c1-15-4-11-23(26-14-15)19-7-5-16(2)22(12-19)18-8-10-20-21-9-6-17(3)27-25(21)28-24(20)13-18/h4-14H,1-3H3/i1D3,2D3. The molecule has 0 saturated heterocycles. The van der Waals surface area contributed by atoms with Crippen molar-refractivity contribution in [3.8, 4) is 22.4 Å². The predicted octanol–water partition coefficient (Wildman–Crippen LogP) is 7.10. The fourth-order valence-electron chi connectivity index (χ4n) is 3.42. The van der Waals surface area contributed by atoms with E-state index in [-0.39, 0.29) is 11.1 Å². The lowest BCUT2D eigenvalue weighted by molar-refractivity contribution is 1.27. The maximum absolute atomic E-state index is 8.06. The van der Waals surface area contributed by atoms with Crippen molar-refractivity contribution in [1.82, 2.24) is 9.97 Å². The highest BCUT2D eigenvalue weighted by Crippen LogP contribution is 2.37. The number of hydrogen-bond donors (Lipinski definition) is 0. The first kappa shape index (κ1) is 11.7. The number of nitrogens with zero attached hydrogens (tertiary/aromatic N) is 2. The number of rotatable bonds is 2. The van der Waals surface area contributed by atoms with Crippen LogP contribution in [0.15, 0.2) is 66.9 Å². The molecule has 0 fully saturated rings. The Morgan fingerprint density at radius 2 is 1.75 bits per heavy atom. The molecule has 0 aliphatic carbocycles. The maximum Gasteiger partial charge on any atom is 0.124 e. The van der Waals surface area contributed by atoms with E-state index in [0.717, 1.165) is 31.6 Å². The molecule has 3 aromatic heterocycles. The zero-order valence-corrected chi connectivity index (χ0v) is 16.0. The summed E-state index contributed by atoms with van der Waals surface area (Å²) in [5.41, 5.74) is 4.06. The third kappa shape index (κ3) is 2.88. The molecule has 136 valence electrons. The molecule has 0 aliphatic rings. The molecule has 0 spiro atoms. The van der Waals surface area contributed by atoms with Crippen LogP contribution in [0.4, 0.5) is 0 Å². The molecular formula is C25H20N2S. The van der Waals surface area contributed by atoms with Gasteiger partial charge in [0, 0.05) is 41.2 Å². The lowest BCUT2D eigenvalue weighted by Crippen LogP contribution is -1.88. The first-order valence-corrected chi connectivity index (χ1v) is 9.74. The van der Waals surface area contributed by atoms with E-state index < -0.39 is 13.7 Å². The smallest absolute Gasteiger partial charge is 0.124 e. The van der Waals surface area contributed by atoms with Gasteiger partial charge in [-0.05, 0) is 73.2 Å². The fourth-order valence-corrected chi connectivity index (χ4v) is 4.58. The van der Waals surface area contributed by atoms with Gasteiger partial charge in [-0.25, -0.2) is 4.98 Å². The summed E-state index contributed by atoms with van der Waals surface area (Å²) in [6.07, 6.45) is 1.35. The minimum absolute atomic E-state index is 0.162. The van der Waals surface area contributed by atoms with Crippen LogP contribution in [-0.2, 0) is 0 Å². The second-order valence-electron chi connectivity index (χ2n) is 6.81. The third-order valence-corrected chi connectivity index (χ3v) is 5.93. The van der Waals surface area contributed by atoms with E-state index in [1.807, 2.05) is 37.3 Å². The average Bonchev–Trinajstić information content (AvgIpc) is 3.14. The highest BCUT2D eigenvalue weighted by Gasteiger charge is 2.10. The molecule has 5 rings (SSSR count). The van der Waals surface area contributed by atoms with Crippen LogP contribution < -0.4 is 0 Å². The first-order valence-electron chi connectivity index (χ1n) is 11.9. The molecule has 28 heavy (non-hydrogen) atoms. The Morgan fingerprint density at radius 3 is 2.57 bits per heavy atom. The van der Waals surface area contributed by atoms with Crippen LogP contribution >= 0.6 is 11.3 Å². The van der Waals surface area contributed by atoms with Crippen LogP contribution in [0.3, 0.4) is 0 Å². The summed E-state index contributed by atoms with van der Waals surface area (Å²) in [6, 6.07) is 18.3. The van der Waals surface area contributed by atoms with Gasteiger partial charge in [-0.15, -0.1) is 11.3 Å². The van der Waals surface area contributed by atoms with Crippen LogP contribution in [0.2, 0.25) is 0 Å². The van der Waals surface area contributed by atoms with Crippen LogP contribution in [-0.4, -0.2) is 9.97 Å². The second kappa shape index (κ2) is 6.54. The topological polar surface area (TPSA) is 25.8 Å². The Morgan fingerprint density at radius 1 is 0.857 bits per heavy atom. The van der Waals surface area contributed by atoms with Gasteiger partial charge in [-0.2, -0.15) is 0 Å². The molecule has 3 heteroatoms. The van der Waals surface area contributed by atoms with E-state index in [4.69, 9.17) is 8.22 Å². The van der Waals surface area contributed by atoms with Gasteiger partial charge in [0.2, 0.25) is 0 Å². The SMILES string of the molecule is [2H]C([2H])([2H])c1ccc(-c2ccc(C([2H])([2H])[2H])c(-c3ccc4c(c3)sc3nc(C)ccc34)c2)nc1. The van der Waals surface area contributed by atoms with Crippen molar-refractivity contribution in [2.24, 2.45) is 0 Å². The van der Waals surface area contributed by atoms with Crippen LogP contribution in [0.5, 0.6) is 0 Å². The Bertz CT molecular complexity index is 1530. The molecule has 0 saturated carbocycles. The van der Waals surface area contributed by atoms with Gasteiger partial charge in [-0.3, -0.25) is 4.98 Å². The molecule has 2 nitrogen and oxygen atoms in total. The van der Waals surface area contributed by atoms with Crippen LogP contribution in [0, 0.1) is 20.6 Å². The summed E-state index contributed by atoms with van der Waals surface area (Å²) in [5.74, 6) is 0. The lowest BCUT2D eigenvalue weighted by atomic mass is 9.96. The highest BCUT2D eigenvalue weighted by molar-refractivity contribution is 7.25. The van der Waals surface area contributed by atoms with Gasteiger partial charge in [0.1, 0.15) is 4.83 Å². The number of aryl methyl sites for hydroxylation is 3. The van der Waals surface area contributed by atoms with Gasteiger partial charge < -0.3 is 0 Å². The summed E-state index contributed by atoms with van der Waals surface area (Å²) < 4.78 is 47.8. The Labute approximate surface area is 177 Å². The third-order valence-electron chi connectivity index (χ3n) is 4.87. The summed E-state index contributed by atoms with van der Waals surface area (Å²) in [5, 5.41) is 2.17. The average molecular weight is 387 g/mol.